The van der Waals surface area contributed by atoms with E-state index in [-0.39, 0.29) is 12.1 Å². The minimum absolute atomic E-state index is 0.153. The van der Waals surface area contributed by atoms with Crippen molar-refractivity contribution >= 4 is 5.69 Å². The Labute approximate surface area is 96.4 Å². The molecule has 0 saturated heterocycles. The van der Waals surface area contributed by atoms with Gasteiger partial charge in [0.2, 0.25) is 0 Å². The van der Waals surface area contributed by atoms with E-state index in [2.05, 4.69) is 18.3 Å². The first-order valence-corrected chi connectivity index (χ1v) is 5.79. The molecule has 1 atom stereocenters. The van der Waals surface area contributed by atoms with Crippen LogP contribution >= 0.6 is 0 Å². The molecule has 1 aliphatic rings. The van der Waals surface area contributed by atoms with Crippen LogP contribution in [0.2, 0.25) is 0 Å². The van der Waals surface area contributed by atoms with Gasteiger partial charge >= 0.3 is 0 Å². The van der Waals surface area contributed by atoms with Gasteiger partial charge in [0.15, 0.2) is 0 Å². The number of nitrogens with one attached hydrogen (secondary N) is 1. The Balaban J connectivity index is 2.34. The molecule has 0 radical (unpaired) electrons. The maximum absolute atomic E-state index is 9.50. The topological polar surface area (TPSA) is 41.5 Å². The van der Waals surface area contributed by atoms with Gasteiger partial charge in [-0.2, -0.15) is 0 Å². The van der Waals surface area contributed by atoms with E-state index in [0.29, 0.717) is 0 Å². The fraction of sp³-hybridized carbons (Fsp3) is 0.538. The second-order valence-electron chi connectivity index (χ2n) is 4.40. The highest BCUT2D eigenvalue weighted by molar-refractivity contribution is 5.61. The number of methoxy groups -OCH3 is 1. The Bertz CT molecular complexity index is 372. The minimum Gasteiger partial charge on any atom is -0.496 e. The van der Waals surface area contributed by atoms with Crippen LogP contribution in [0.1, 0.15) is 25.3 Å². The maximum atomic E-state index is 9.50. The zero-order chi connectivity index (χ0) is 11.6. The fourth-order valence-electron chi connectivity index (χ4n) is 2.34. The van der Waals surface area contributed by atoms with Crippen LogP contribution in [0.5, 0.6) is 5.75 Å². The molecule has 0 aliphatic carbocycles. The summed E-state index contributed by atoms with van der Waals surface area (Å²) in [5.41, 5.74) is 2.17. The van der Waals surface area contributed by atoms with Crippen LogP contribution in [0.15, 0.2) is 18.2 Å². The van der Waals surface area contributed by atoms with Crippen molar-refractivity contribution in [3.8, 4) is 5.75 Å². The summed E-state index contributed by atoms with van der Waals surface area (Å²) in [6.07, 6.45) is 2.84. The number of rotatable bonds is 3. The van der Waals surface area contributed by atoms with Crippen molar-refractivity contribution in [2.24, 2.45) is 0 Å². The molecule has 1 unspecified atom stereocenters. The number of hydrogen-bond acceptors (Lipinski definition) is 3. The monoisotopic (exact) mass is 221 g/mol. The van der Waals surface area contributed by atoms with Gasteiger partial charge in [-0.25, -0.2) is 0 Å². The van der Waals surface area contributed by atoms with Crippen molar-refractivity contribution in [3.05, 3.63) is 23.8 Å². The highest BCUT2D eigenvalue weighted by Gasteiger charge is 2.32. The van der Waals surface area contributed by atoms with Crippen molar-refractivity contribution in [2.45, 2.75) is 31.7 Å². The molecule has 0 saturated carbocycles. The number of aliphatic hydroxyl groups excluding tert-OH is 1. The van der Waals surface area contributed by atoms with Crippen molar-refractivity contribution in [1.29, 1.82) is 0 Å². The van der Waals surface area contributed by atoms with Gasteiger partial charge in [-0.05, 0) is 31.4 Å². The van der Waals surface area contributed by atoms with E-state index in [9.17, 15) is 5.11 Å². The zero-order valence-corrected chi connectivity index (χ0v) is 9.92. The Morgan fingerprint density at radius 1 is 1.50 bits per heavy atom. The first kappa shape index (κ1) is 11.3. The molecule has 1 aliphatic heterocycles. The SMILES string of the molecule is CCC1(CO)CCc2c(cccc2OC)N1. The summed E-state index contributed by atoms with van der Waals surface area (Å²) in [6.45, 7) is 2.29. The van der Waals surface area contributed by atoms with Gasteiger partial charge in [-0.1, -0.05) is 13.0 Å². The van der Waals surface area contributed by atoms with Crippen molar-refractivity contribution in [3.63, 3.8) is 0 Å². The van der Waals surface area contributed by atoms with Crippen LogP contribution in [0.25, 0.3) is 0 Å². The van der Waals surface area contributed by atoms with E-state index in [1.54, 1.807) is 7.11 Å². The van der Waals surface area contributed by atoms with E-state index in [4.69, 9.17) is 4.74 Å². The Morgan fingerprint density at radius 3 is 2.94 bits per heavy atom. The lowest BCUT2D eigenvalue weighted by Gasteiger charge is -2.38. The fourth-order valence-corrected chi connectivity index (χ4v) is 2.34. The zero-order valence-electron chi connectivity index (χ0n) is 9.92. The molecule has 1 aromatic rings. The van der Waals surface area contributed by atoms with Gasteiger partial charge in [0.05, 0.1) is 19.3 Å². The Hall–Kier alpha value is -1.22. The lowest BCUT2D eigenvalue weighted by atomic mass is 9.84. The second-order valence-corrected chi connectivity index (χ2v) is 4.40. The van der Waals surface area contributed by atoms with E-state index in [1.165, 1.54) is 5.56 Å². The van der Waals surface area contributed by atoms with Gasteiger partial charge in [-0.3, -0.25) is 0 Å². The van der Waals surface area contributed by atoms with Crippen LogP contribution in [-0.4, -0.2) is 24.4 Å². The van der Waals surface area contributed by atoms with Crippen LogP contribution in [0.4, 0.5) is 5.69 Å². The van der Waals surface area contributed by atoms with Crippen LogP contribution < -0.4 is 10.1 Å². The number of benzene rings is 1. The van der Waals surface area contributed by atoms with Crippen LogP contribution in [-0.2, 0) is 6.42 Å². The molecule has 1 heterocycles. The van der Waals surface area contributed by atoms with Crippen molar-refractivity contribution in [1.82, 2.24) is 0 Å². The summed E-state index contributed by atoms with van der Waals surface area (Å²) in [5.74, 6) is 0.938. The molecule has 2 N–H and O–H groups in total. The van der Waals surface area contributed by atoms with Gasteiger partial charge in [0, 0.05) is 11.3 Å². The number of aliphatic hydroxyl groups is 1. The van der Waals surface area contributed by atoms with E-state index < -0.39 is 0 Å². The third kappa shape index (κ3) is 1.76. The molecule has 3 nitrogen and oxygen atoms in total. The first-order chi connectivity index (χ1) is 7.74. The minimum atomic E-state index is -0.153. The number of hydrogen-bond donors (Lipinski definition) is 2. The molecule has 0 spiro atoms. The quantitative estimate of drug-likeness (QED) is 0.822. The molecule has 0 amide bonds. The molecule has 2 rings (SSSR count). The molecule has 88 valence electrons. The van der Waals surface area contributed by atoms with Gasteiger partial charge in [0.25, 0.3) is 0 Å². The molecule has 16 heavy (non-hydrogen) atoms. The first-order valence-electron chi connectivity index (χ1n) is 5.79. The van der Waals surface area contributed by atoms with Crippen LogP contribution in [0.3, 0.4) is 0 Å². The summed E-state index contributed by atoms with van der Waals surface area (Å²) >= 11 is 0. The van der Waals surface area contributed by atoms with E-state index in [0.717, 1.165) is 30.7 Å². The lowest BCUT2D eigenvalue weighted by Crippen LogP contribution is -2.44. The molecule has 3 heteroatoms. The average molecular weight is 221 g/mol. The number of anilines is 1. The molecule has 0 bridgehead atoms. The number of ether oxygens (including phenoxy) is 1. The summed E-state index contributed by atoms with van der Waals surface area (Å²) in [5, 5.41) is 13.0. The molecule has 0 fully saturated rings. The van der Waals surface area contributed by atoms with Gasteiger partial charge < -0.3 is 15.2 Å². The summed E-state index contributed by atoms with van der Waals surface area (Å²) in [4.78, 5) is 0. The number of fused-ring (bicyclic) bond motifs is 1. The van der Waals surface area contributed by atoms with Gasteiger partial charge in [-0.15, -0.1) is 0 Å². The van der Waals surface area contributed by atoms with E-state index >= 15 is 0 Å². The van der Waals surface area contributed by atoms with Crippen molar-refractivity contribution < 1.29 is 9.84 Å². The summed E-state index contributed by atoms with van der Waals surface area (Å²) in [7, 11) is 1.70. The largest absolute Gasteiger partial charge is 0.496 e. The highest BCUT2D eigenvalue weighted by Crippen LogP contribution is 2.37. The summed E-state index contributed by atoms with van der Waals surface area (Å²) < 4.78 is 5.35. The molecule has 1 aromatic carbocycles. The molecular formula is C13H19NO2. The lowest BCUT2D eigenvalue weighted by molar-refractivity contribution is 0.194. The normalized spacial score (nSPS) is 23.4. The third-order valence-electron chi connectivity index (χ3n) is 3.59. The smallest absolute Gasteiger partial charge is 0.124 e. The van der Waals surface area contributed by atoms with Crippen LogP contribution in [0, 0.1) is 0 Å². The standard InChI is InChI=1S/C13H19NO2/c1-3-13(9-15)8-7-10-11(14-13)5-4-6-12(10)16-2/h4-6,14-15H,3,7-9H2,1-2H3. The Morgan fingerprint density at radius 2 is 2.31 bits per heavy atom. The Kier molecular flexibility index (Phi) is 3.06. The van der Waals surface area contributed by atoms with Gasteiger partial charge in [0.1, 0.15) is 5.75 Å². The predicted octanol–water partition coefficient (Wildman–Crippen LogP) is 2.19. The molecule has 0 aromatic heterocycles. The average Bonchev–Trinajstić information content (AvgIpc) is 2.37. The van der Waals surface area contributed by atoms with E-state index in [1.807, 2.05) is 12.1 Å². The van der Waals surface area contributed by atoms with Crippen molar-refractivity contribution in [2.75, 3.05) is 19.0 Å². The summed E-state index contributed by atoms with van der Waals surface area (Å²) in [6, 6.07) is 6.02. The highest BCUT2D eigenvalue weighted by atomic mass is 16.5. The third-order valence-corrected chi connectivity index (χ3v) is 3.59. The second kappa shape index (κ2) is 4.34. The molecular weight excluding hydrogens is 202 g/mol. The maximum Gasteiger partial charge on any atom is 0.124 e. The predicted molar refractivity (Wildman–Crippen MR) is 65.0 cm³/mol.